The van der Waals surface area contributed by atoms with Gasteiger partial charge < -0.3 is 10.1 Å². The second-order valence-corrected chi connectivity index (χ2v) is 6.55. The van der Waals surface area contributed by atoms with Crippen LogP contribution in [0.3, 0.4) is 0 Å². The molecule has 1 aromatic carbocycles. The number of halogens is 3. The number of ether oxygens (including phenoxy) is 1. The first-order valence-electron chi connectivity index (χ1n) is 7.80. The highest BCUT2D eigenvalue weighted by Gasteiger charge is 2.14. The quantitative estimate of drug-likeness (QED) is 0.488. The molecule has 2 heterocycles. The van der Waals surface area contributed by atoms with Gasteiger partial charge in [0.05, 0.1) is 22.2 Å². The average molecular weight is 437 g/mol. The summed E-state index contributed by atoms with van der Waals surface area (Å²) in [4.78, 5) is 20.1. The van der Waals surface area contributed by atoms with Crippen LogP contribution in [0.5, 0.6) is 5.75 Å². The Morgan fingerprint density at radius 2 is 1.75 bits per heavy atom. The molecule has 0 saturated carbocycles. The zero-order valence-corrected chi connectivity index (χ0v) is 16.6. The van der Waals surface area contributed by atoms with Crippen LogP contribution in [0.25, 0.3) is 0 Å². The number of nitrogens with zero attached hydrogens (tertiary/aromatic N) is 4. The minimum Gasteiger partial charge on any atom is -0.494 e. The lowest BCUT2D eigenvalue weighted by atomic mass is 10.2. The van der Waals surface area contributed by atoms with Crippen LogP contribution in [0.2, 0.25) is 15.1 Å². The van der Waals surface area contributed by atoms with Gasteiger partial charge in [-0.2, -0.15) is 0 Å². The molecular formula is C18H12Cl3N5O2. The van der Waals surface area contributed by atoms with Gasteiger partial charge in [0.25, 0.3) is 5.91 Å². The molecule has 1 N–H and O–H groups in total. The Bertz CT molecular complexity index is 1020. The molecule has 28 heavy (non-hydrogen) atoms. The van der Waals surface area contributed by atoms with Gasteiger partial charge in [0.15, 0.2) is 0 Å². The summed E-state index contributed by atoms with van der Waals surface area (Å²) in [5.41, 5.74) is 1.19. The number of carbonyl (C=O) groups is 1. The molecule has 0 saturated heterocycles. The third-order valence-corrected chi connectivity index (χ3v) is 4.32. The lowest BCUT2D eigenvalue weighted by Crippen LogP contribution is -2.13. The molecule has 0 aliphatic rings. The molecule has 0 spiro atoms. The van der Waals surface area contributed by atoms with Crippen LogP contribution >= 0.6 is 34.8 Å². The molecule has 0 aliphatic heterocycles. The number of amides is 1. The average Bonchev–Trinajstić information content (AvgIpc) is 2.69. The van der Waals surface area contributed by atoms with Crippen molar-refractivity contribution >= 4 is 57.8 Å². The van der Waals surface area contributed by atoms with Gasteiger partial charge in [0.1, 0.15) is 22.8 Å². The minimum atomic E-state index is -0.386. The van der Waals surface area contributed by atoms with E-state index in [4.69, 9.17) is 39.5 Å². The van der Waals surface area contributed by atoms with Crippen molar-refractivity contribution in [2.24, 2.45) is 10.2 Å². The van der Waals surface area contributed by atoms with Crippen molar-refractivity contribution in [2.75, 3.05) is 12.4 Å². The summed E-state index contributed by atoms with van der Waals surface area (Å²) in [7, 11) is 1.45. The molecule has 0 atom stereocenters. The molecule has 10 heteroatoms. The van der Waals surface area contributed by atoms with Crippen LogP contribution in [0.1, 0.15) is 10.5 Å². The minimum absolute atomic E-state index is 0.209. The van der Waals surface area contributed by atoms with Crippen LogP contribution < -0.4 is 10.1 Å². The van der Waals surface area contributed by atoms with Crippen molar-refractivity contribution < 1.29 is 9.53 Å². The van der Waals surface area contributed by atoms with Gasteiger partial charge in [0.2, 0.25) is 0 Å². The zero-order valence-electron chi connectivity index (χ0n) is 14.4. The molecule has 0 aliphatic carbocycles. The number of hydrogen-bond acceptors (Lipinski definition) is 6. The second kappa shape index (κ2) is 8.97. The first-order chi connectivity index (χ1) is 13.5. The number of carbonyl (C=O) groups excluding carboxylic acids is 1. The number of methoxy groups -OCH3 is 1. The van der Waals surface area contributed by atoms with Crippen molar-refractivity contribution in [1.29, 1.82) is 0 Å². The molecule has 0 bridgehead atoms. The lowest BCUT2D eigenvalue weighted by molar-refractivity contribution is 0.102. The molecule has 3 aromatic rings. The third kappa shape index (κ3) is 4.56. The highest BCUT2D eigenvalue weighted by atomic mass is 35.5. The Hall–Kier alpha value is -2.74. The molecular weight excluding hydrogens is 425 g/mol. The summed E-state index contributed by atoms with van der Waals surface area (Å²) in [6.45, 7) is 0. The monoisotopic (exact) mass is 435 g/mol. The Kier molecular flexibility index (Phi) is 6.41. The number of pyridine rings is 2. The molecule has 142 valence electrons. The molecule has 0 unspecified atom stereocenters. The number of hydrogen-bond donors (Lipinski definition) is 1. The van der Waals surface area contributed by atoms with E-state index >= 15 is 0 Å². The van der Waals surface area contributed by atoms with E-state index in [1.165, 1.54) is 31.8 Å². The number of nitrogens with one attached hydrogen (secondary N) is 1. The van der Waals surface area contributed by atoms with Crippen LogP contribution in [-0.2, 0) is 0 Å². The van der Waals surface area contributed by atoms with Gasteiger partial charge in [0, 0.05) is 30.3 Å². The van der Waals surface area contributed by atoms with E-state index in [-0.39, 0.29) is 38.0 Å². The summed E-state index contributed by atoms with van der Waals surface area (Å²) in [5.74, 6) is -0.0858. The number of rotatable bonds is 5. The summed E-state index contributed by atoms with van der Waals surface area (Å²) < 4.78 is 5.32. The van der Waals surface area contributed by atoms with E-state index in [2.05, 4.69) is 25.5 Å². The summed E-state index contributed by atoms with van der Waals surface area (Å²) in [6.07, 6.45) is 4.33. The van der Waals surface area contributed by atoms with Crippen LogP contribution in [0, 0.1) is 0 Å². The highest BCUT2D eigenvalue weighted by molar-refractivity contribution is 6.38. The zero-order chi connectivity index (χ0) is 20.1. The van der Waals surface area contributed by atoms with Gasteiger partial charge >= 0.3 is 0 Å². The first kappa shape index (κ1) is 20.0. The molecule has 0 fully saturated rings. The van der Waals surface area contributed by atoms with Crippen molar-refractivity contribution in [3.05, 3.63) is 69.7 Å². The van der Waals surface area contributed by atoms with E-state index in [1.807, 2.05) is 0 Å². The van der Waals surface area contributed by atoms with Crippen LogP contribution in [0.4, 0.5) is 17.1 Å². The van der Waals surface area contributed by atoms with E-state index in [0.29, 0.717) is 11.4 Å². The molecule has 1 amide bonds. The number of azo groups is 1. The largest absolute Gasteiger partial charge is 0.494 e. The predicted molar refractivity (Wildman–Crippen MR) is 109 cm³/mol. The Balaban J connectivity index is 1.90. The highest BCUT2D eigenvalue weighted by Crippen LogP contribution is 2.40. The van der Waals surface area contributed by atoms with Crippen molar-refractivity contribution in [3.63, 3.8) is 0 Å². The number of aromatic nitrogens is 2. The van der Waals surface area contributed by atoms with Crippen LogP contribution in [-0.4, -0.2) is 23.0 Å². The van der Waals surface area contributed by atoms with Crippen molar-refractivity contribution in [2.45, 2.75) is 0 Å². The molecule has 3 rings (SSSR count). The predicted octanol–water partition coefficient (Wildman–Crippen LogP) is 6.11. The first-order valence-corrected chi connectivity index (χ1v) is 8.93. The Morgan fingerprint density at radius 1 is 1.04 bits per heavy atom. The van der Waals surface area contributed by atoms with Gasteiger partial charge in [-0.05, 0) is 18.2 Å². The maximum absolute atomic E-state index is 12.3. The number of benzene rings is 1. The van der Waals surface area contributed by atoms with Crippen molar-refractivity contribution in [1.82, 2.24) is 9.97 Å². The van der Waals surface area contributed by atoms with E-state index in [1.54, 1.807) is 24.3 Å². The normalized spacial score (nSPS) is 10.9. The summed E-state index contributed by atoms with van der Waals surface area (Å²) >= 11 is 18.4. The SMILES string of the molecule is COc1cc(NC(=O)c2ccccn2)cc(Cl)c1/N=N/c1c(Cl)cncc1Cl. The van der Waals surface area contributed by atoms with Crippen LogP contribution in [0.15, 0.2) is 59.2 Å². The van der Waals surface area contributed by atoms with E-state index in [0.717, 1.165) is 0 Å². The van der Waals surface area contributed by atoms with Crippen molar-refractivity contribution in [3.8, 4) is 5.75 Å². The van der Waals surface area contributed by atoms with E-state index in [9.17, 15) is 4.79 Å². The second-order valence-electron chi connectivity index (χ2n) is 5.33. The lowest BCUT2D eigenvalue weighted by Gasteiger charge is -2.10. The molecule has 7 nitrogen and oxygen atoms in total. The topological polar surface area (TPSA) is 88.8 Å². The summed E-state index contributed by atoms with van der Waals surface area (Å²) in [5, 5.41) is 11.5. The Morgan fingerprint density at radius 3 is 2.39 bits per heavy atom. The maximum Gasteiger partial charge on any atom is 0.274 e. The molecule has 0 radical (unpaired) electrons. The van der Waals surface area contributed by atoms with E-state index < -0.39 is 0 Å². The third-order valence-electron chi connectivity index (χ3n) is 3.48. The fraction of sp³-hybridized carbons (Fsp3) is 0.0556. The van der Waals surface area contributed by atoms with Gasteiger partial charge in [-0.1, -0.05) is 40.9 Å². The smallest absolute Gasteiger partial charge is 0.274 e. The fourth-order valence-corrected chi connectivity index (χ4v) is 2.88. The summed E-state index contributed by atoms with van der Waals surface area (Å²) in [6, 6.07) is 8.12. The number of anilines is 1. The van der Waals surface area contributed by atoms with Gasteiger partial charge in [-0.15, -0.1) is 10.2 Å². The van der Waals surface area contributed by atoms with Gasteiger partial charge in [-0.25, -0.2) is 0 Å². The maximum atomic E-state index is 12.3. The fourth-order valence-electron chi connectivity index (χ4n) is 2.19. The Labute approximate surface area is 175 Å². The van der Waals surface area contributed by atoms with Gasteiger partial charge in [-0.3, -0.25) is 14.8 Å². The standard InChI is InChI=1S/C18H12Cl3N5O2/c1-28-15-7-10(24-18(27)14-4-2-3-5-23-14)6-11(19)17(15)26-25-16-12(20)8-22-9-13(16)21/h2-9H,1H3,(H,24,27)/b26-25+. The molecule has 2 aromatic heterocycles.